The van der Waals surface area contributed by atoms with E-state index >= 15 is 0 Å². The van der Waals surface area contributed by atoms with E-state index in [1.54, 1.807) is 6.20 Å². The van der Waals surface area contributed by atoms with Crippen LogP contribution < -0.4 is 5.32 Å². The summed E-state index contributed by atoms with van der Waals surface area (Å²) in [6.45, 7) is 0.853. The van der Waals surface area contributed by atoms with Gasteiger partial charge in [-0.3, -0.25) is 4.68 Å². The van der Waals surface area contributed by atoms with Crippen LogP contribution in [0.3, 0.4) is 0 Å². The molecule has 1 aromatic heterocycles. The van der Waals surface area contributed by atoms with Crippen molar-refractivity contribution in [3.63, 3.8) is 0 Å². The van der Waals surface area contributed by atoms with Crippen LogP contribution in [0.4, 0.5) is 8.78 Å². The van der Waals surface area contributed by atoms with Gasteiger partial charge in [-0.05, 0) is 55.9 Å². The number of alkyl halides is 2. The number of hydrogen-bond acceptors (Lipinski definition) is 3. The minimum Gasteiger partial charge on any atom is -0.391 e. The molecule has 134 valence electrons. The lowest BCUT2D eigenvalue weighted by Gasteiger charge is -2.52. The normalized spacial score (nSPS) is 35.2. The van der Waals surface area contributed by atoms with Crippen LogP contribution in [0.25, 0.3) is 0 Å². The first-order valence-electron chi connectivity index (χ1n) is 9.23. The fourth-order valence-electron chi connectivity index (χ4n) is 5.08. The summed E-state index contributed by atoms with van der Waals surface area (Å²) < 4.78 is 28.6. The molecule has 2 N–H and O–H groups in total. The second kappa shape index (κ2) is 6.06. The summed E-state index contributed by atoms with van der Waals surface area (Å²) >= 11 is 0. The van der Waals surface area contributed by atoms with E-state index in [0.29, 0.717) is 24.8 Å². The van der Waals surface area contributed by atoms with Crippen LogP contribution in [0.15, 0.2) is 18.5 Å². The summed E-state index contributed by atoms with van der Waals surface area (Å²) in [6.07, 6.45) is 8.62. The van der Waals surface area contributed by atoms with E-state index in [9.17, 15) is 13.9 Å². The lowest BCUT2D eigenvalue weighted by Crippen LogP contribution is -2.55. The summed E-state index contributed by atoms with van der Waals surface area (Å²) in [5.41, 5.74) is 0.150. The number of hydrogen-bond donors (Lipinski definition) is 2. The Balaban J connectivity index is 1.24. The molecule has 0 radical (unpaired) electrons. The summed E-state index contributed by atoms with van der Waals surface area (Å²) in [5, 5.41) is 18.2. The molecule has 4 nitrogen and oxygen atoms in total. The Morgan fingerprint density at radius 3 is 2.58 bits per heavy atom. The molecule has 0 amide bonds. The van der Waals surface area contributed by atoms with Crippen LogP contribution in [0.5, 0.6) is 0 Å². The molecule has 3 saturated carbocycles. The van der Waals surface area contributed by atoms with Crippen molar-refractivity contribution in [2.24, 2.45) is 11.3 Å². The van der Waals surface area contributed by atoms with Crippen molar-refractivity contribution in [1.82, 2.24) is 15.1 Å². The van der Waals surface area contributed by atoms with E-state index in [1.165, 1.54) is 0 Å². The Kier molecular flexibility index (Phi) is 4.15. The van der Waals surface area contributed by atoms with Gasteiger partial charge in [-0.1, -0.05) is 0 Å². The van der Waals surface area contributed by atoms with E-state index in [1.807, 2.05) is 16.9 Å². The standard InChI is InChI=1S/C18H27F2N3O/c19-18(20)4-2-17(3-5-18)10-14(11-17)22-15-8-13(9-16(15)24)12-23-7-1-6-21-23/h1,6-7,13-16,22,24H,2-5,8-12H2/t13?,15-,16-/m1/s1. The van der Waals surface area contributed by atoms with Crippen molar-refractivity contribution in [1.29, 1.82) is 0 Å². The second-order valence-electron chi connectivity index (χ2n) is 8.37. The number of aliphatic hydroxyl groups excluding tert-OH is 1. The molecule has 1 spiro atoms. The highest BCUT2D eigenvalue weighted by Crippen LogP contribution is 2.55. The Morgan fingerprint density at radius 2 is 1.92 bits per heavy atom. The first-order chi connectivity index (χ1) is 11.4. The zero-order valence-electron chi connectivity index (χ0n) is 14.0. The minimum atomic E-state index is -2.44. The van der Waals surface area contributed by atoms with Crippen molar-refractivity contribution < 1.29 is 13.9 Å². The van der Waals surface area contributed by atoms with Crippen molar-refractivity contribution in [3.05, 3.63) is 18.5 Å². The van der Waals surface area contributed by atoms with Crippen LogP contribution in [0.1, 0.15) is 51.4 Å². The molecule has 3 aliphatic carbocycles. The minimum absolute atomic E-state index is 0.0533. The van der Waals surface area contributed by atoms with Gasteiger partial charge >= 0.3 is 0 Å². The number of nitrogens with zero attached hydrogens (tertiary/aromatic N) is 2. The van der Waals surface area contributed by atoms with Gasteiger partial charge in [0, 0.05) is 43.9 Å². The van der Waals surface area contributed by atoms with Crippen LogP contribution in [0, 0.1) is 11.3 Å². The van der Waals surface area contributed by atoms with Crippen molar-refractivity contribution in [2.45, 2.75) is 82.0 Å². The van der Waals surface area contributed by atoms with E-state index in [0.717, 1.165) is 32.2 Å². The largest absolute Gasteiger partial charge is 0.391 e. The van der Waals surface area contributed by atoms with Crippen LogP contribution in [-0.4, -0.2) is 39.0 Å². The molecule has 1 aromatic rings. The number of halogens is 2. The van der Waals surface area contributed by atoms with Gasteiger partial charge in [0.2, 0.25) is 5.92 Å². The topological polar surface area (TPSA) is 50.1 Å². The molecule has 24 heavy (non-hydrogen) atoms. The van der Waals surface area contributed by atoms with Gasteiger partial charge < -0.3 is 10.4 Å². The Morgan fingerprint density at radius 1 is 1.17 bits per heavy atom. The lowest BCUT2D eigenvalue weighted by atomic mass is 9.57. The number of aliphatic hydroxyl groups is 1. The van der Waals surface area contributed by atoms with Gasteiger partial charge in [-0.2, -0.15) is 5.10 Å². The summed E-state index contributed by atoms with van der Waals surface area (Å²) in [7, 11) is 0. The first-order valence-corrected chi connectivity index (χ1v) is 9.23. The number of rotatable bonds is 4. The third kappa shape index (κ3) is 3.36. The predicted octanol–water partition coefficient (Wildman–Crippen LogP) is 2.97. The molecule has 0 bridgehead atoms. The third-order valence-electron chi connectivity index (χ3n) is 6.48. The smallest absolute Gasteiger partial charge is 0.248 e. The highest BCUT2D eigenvalue weighted by molar-refractivity contribution is 5.03. The molecule has 6 heteroatoms. The zero-order valence-corrected chi connectivity index (χ0v) is 14.0. The highest BCUT2D eigenvalue weighted by Gasteiger charge is 2.51. The Bertz CT molecular complexity index is 545. The molecule has 3 aliphatic rings. The van der Waals surface area contributed by atoms with E-state index in [2.05, 4.69) is 10.4 Å². The molecule has 0 aliphatic heterocycles. The van der Waals surface area contributed by atoms with Gasteiger partial charge in [0.05, 0.1) is 6.10 Å². The molecular formula is C18H27F2N3O. The van der Waals surface area contributed by atoms with E-state index < -0.39 is 5.92 Å². The van der Waals surface area contributed by atoms with Gasteiger partial charge in [0.15, 0.2) is 0 Å². The summed E-state index contributed by atoms with van der Waals surface area (Å²) in [5.74, 6) is -2.00. The van der Waals surface area contributed by atoms with E-state index in [-0.39, 0.29) is 30.4 Å². The van der Waals surface area contributed by atoms with Crippen LogP contribution in [0.2, 0.25) is 0 Å². The third-order valence-corrected chi connectivity index (χ3v) is 6.48. The maximum atomic E-state index is 13.3. The maximum Gasteiger partial charge on any atom is 0.248 e. The number of aromatic nitrogens is 2. The monoisotopic (exact) mass is 339 g/mol. The summed E-state index contributed by atoms with van der Waals surface area (Å²) in [4.78, 5) is 0. The average molecular weight is 339 g/mol. The van der Waals surface area contributed by atoms with Gasteiger partial charge in [-0.25, -0.2) is 8.78 Å². The SMILES string of the molecule is O[C@@H]1CC(Cn2cccn2)C[C@H]1NC1CC2(CCC(F)(F)CC2)C1. The molecule has 3 fully saturated rings. The van der Waals surface area contributed by atoms with Gasteiger partial charge in [0.1, 0.15) is 0 Å². The van der Waals surface area contributed by atoms with Crippen molar-refractivity contribution in [3.8, 4) is 0 Å². The Hall–Kier alpha value is -1.01. The summed E-state index contributed by atoms with van der Waals surface area (Å²) in [6, 6.07) is 2.44. The molecule has 0 aromatic carbocycles. The average Bonchev–Trinajstić information content (AvgIpc) is 3.10. The predicted molar refractivity (Wildman–Crippen MR) is 86.8 cm³/mol. The molecule has 3 atom stereocenters. The molecule has 1 unspecified atom stereocenters. The molecular weight excluding hydrogens is 312 g/mol. The number of nitrogens with one attached hydrogen (secondary N) is 1. The lowest BCUT2D eigenvalue weighted by molar-refractivity contribution is -0.0956. The quantitative estimate of drug-likeness (QED) is 0.887. The van der Waals surface area contributed by atoms with Crippen LogP contribution in [-0.2, 0) is 6.54 Å². The van der Waals surface area contributed by atoms with Crippen LogP contribution >= 0.6 is 0 Å². The molecule has 1 heterocycles. The Labute approximate surface area is 141 Å². The highest BCUT2D eigenvalue weighted by atomic mass is 19.3. The van der Waals surface area contributed by atoms with Gasteiger partial charge in [0.25, 0.3) is 0 Å². The van der Waals surface area contributed by atoms with Gasteiger partial charge in [-0.15, -0.1) is 0 Å². The fraction of sp³-hybridized carbons (Fsp3) is 0.833. The fourth-order valence-corrected chi connectivity index (χ4v) is 5.08. The molecule has 0 saturated heterocycles. The van der Waals surface area contributed by atoms with Crippen molar-refractivity contribution >= 4 is 0 Å². The van der Waals surface area contributed by atoms with E-state index in [4.69, 9.17) is 0 Å². The maximum absolute atomic E-state index is 13.3. The second-order valence-corrected chi connectivity index (χ2v) is 8.37. The van der Waals surface area contributed by atoms with Crippen molar-refractivity contribution in [2.75, 3.05) is 0 Å². The molecule has 4 rings (SSSR count). The first kappa shape index (κ1) is 16.5. The zero-order chi connectivity index (χ0) is 16.8.